The third-order valence-corrected chi connectivity index (χ3v) is 18.7. The fourth-order valence-electron chi connectivity index (χ4n) is 16.1. The molecule has 1 heterocycles. The first kappa shape index (κ1) is 40.3. The van der Waals surface area contributed by atoms with Crippen LogP contribution in [-0.4, -0.2) is 93.2 Å². The number of rotatable bonds is 8. The molecule has 6 bridgehead atoms. The van der Waals surface area contributed by atoms with E-state index < -0.39 is 53.6 Å². The zero-order chi connectivity index (χ0) is 40.5. The highest BCUT2D eigenvalue weighted by molar-refractivity contribution is 5.77. The molecule has 0 radical (unpaired) electrons. The van der Waals surface area contributed by atoms with Gasteiger partial charge in [0.1, 0.15) is 18.3 Å². The number of carbonyl (C=O) groups is 1. The molecule has 5 saturated carbocycles. The molecule has 6 N–H and O–H groups in total. The average Bonchev–Trinajstić information content (AvgIpc) is 3.37. The number of carboxylic acid groups (broad SMARTS) is 1. The van der Waals surface area contributed by atoms with E-state index >= 15 is 0 Å². The standard InChI is InChI=1S/C47H66O10/c1-42(24-48)19-29-13-9-12-28-20-47(29,41(53)54)32(21-42)30-16-17-34-44(3,46(28,30)5)18-27-14-15-31-37(55-22-26-10-7-6-8-11-26)39(43(2,25-49)38(27)45(31,34)4)57-40-36(52)35(51)33(50)23-56-40/h6-8,10-11,14-16,27-29,31-40,48-52H,9,12-13,17-25H2,1-5H3,(H,53,54)/t27-,28-,29+,31-,32-,33+,34-,35-,36+,37+,38+,39+,40-,42-,43-,44+,45+,46+,47+/m0/s1. The van der Waals surface area contributed by atoms with E-state index in [1.54, 1.807) is 0 Å². The predicted molar refractivity (Wildman–Crippen MR) is 211 cm³/mol. The Kier molecular flexibility index (Phi) is 9.66. The lowest BCUT2D eigenvalue weighted by atomic mass is 9.28. The maximum absolute atomic E-state index is 13.8. The van der Waals surface area contributed by atoms with Crippen molar-refractivity contribution >= 4 is 5.97 Å². The molecular weight excluding hydrogens is 725 g/mol. The van der Waals surface area contributed by atoms with Gasteiger partial charge in [0.05, 0.1) is 37.4 Å². The maximum Gasteiger partial charge on any atom is 0.310 e. The normalized spacial score (nSPS) is 53.5. The molecule has 9 rings (SSSR count). The first-order chi connectivity index (χ1) is 27.0. The highest BCUT2D eigenvalue weighted by Gasteiger charge is 2.77. The van der Waals surface area contributed by atoms with E-state index in [1.165, 1.54) is 5.57 Å². The second-order valence-electron chi connectivity index (χ2n) is 21.2. The molecule has 57 heavy (non-hydrogen) atoms. The van der Waals surface area contributed by atoms with E-state index in [9.17, 15) is 35.4 Å². The van der Waals surface area contributed by atoms with Gasteiger partial charge in [0.15, 0.2) is 6.29 Å². The summed E-state index contributed by atoms with van der Waals surface area (Å²) in [6.45, 7) is 11.7. The monoisotopic (exact) mass is 790 g/mol. The van der Waals surface area contributed by atoms with Gasteiger partial charge < -0.3 is 44.8 Å². The van der Waals surface area contributed by atoms with Gasteiger partial charge in [-0.2, -0.15) is 0 Å². The number of aliphatic hydroxyl groups excluding tert-OH is 5. The van der Waals surface area contributed by atoms with E-state index in [2.05, 4.69) is 52.8 Å². The Hall–Kier alpha value is -2.15. The van der Waals surface area contributed by atoms with Crippen molar-refractivity contribution in [1.29, 1.82) is 0 Å². The minimum atomic E-state index is -1.49. The Bertz CT molecular complexity index is 1780. The van der Waals surface area contributed by atoms with Gasteiger partial charge in [-0.1, -0.05) is 95.2 Å². The van der Waals surface area contributed by atoms with Crippen molar-refractivity contribution in [3.05, 3.63) is 59.7 Å². The van der Waals surface area contributed by atoms with E-state index in [1.807, 2.05) is 30.3 Å². The molecule has 0 aromatic heterocycles. The number of aliphatic hydroxyl groups is 5. The lowest BCUT2D eigenvalue weighted by molar-refractivity contribution is -0.347. The summed E-state index contributed by atoms with van der Waals surface area (Å²) in [5.41, 5.74) is -0.533. The molecule has 10 heteroatoms. The zero-order valence-electron chi connectivity index (χ0n) is 34.4. The topological polar surface area (TPSA) is 166 Å². The quantitative estimate of drug-likeness (QED) is 0.146. The predicted octanol–water partition coefficient (Wildman–Crippen LogP) is 5.50. The summed E-state index contributed by atoms with van der Waals surface area (Å²) in [6.07, 6.45) is 7.17. The molecule has 8 aliphatic rings. The van der Waals surface area contributed by atoms with Crippen molar-refractivity contribution in [2.24, 2.45) is 73.9 Å². The van der Waals surface area contributed by atoms with E-state index in [0.717, 1.165) is 44.1 Å². The van der Waals surface area contributed by atoms with Crippen molar-refractivity contribution in [1.82, 2.24) is 0 Å². The summed E-state index contributed by atoms with van der Waals surface area (Å²) in [7, 11) is 0. The summed E-state index contributed by atoms with van der Waals surface area (Å²) in [4.78, 5) is 13.8. The van der Waals surface area contributed by atoms with Gasteiger partial charge in [0.2, 0.25) is 0 Å². The second kappa shape index (κ2) is 13.7. The highest BCUT2D eigenvalue weighted by Crippen LogP contribution is 2.81. The van der Waals surface area contributed by atoms with Crippen LogP contribution in [0.5, 0.6) is 0 Å². The average molecular weight is 791 g/mol. The molecule has 6 fully saturated rings. The minimum absolute atomic E-state index is 0.0352. The Morgan fingerprint density at radius 1 is 0.895 bits per heavy atom. The van der Waals surface area contributed by atoms with Crippen LogP contribution in [0.1, 0.15) is 91.5 Å². The van der Waals surface area contributed by atoms with Crippen LogP contribution in [0, 0.1) is 73.9 Å². The van der Waals surface area contributed by atoms with E-state index in [0.29, 0.717) is 19.4 Å². The van der Waals surface area contributed by atoms with E-state index in [4.69, 9.17) is 14.2 Å². The van der Waals surface area contributed by atoms with Crippen LogP contribution in [0.3, 0.4) is 0 Å². The largest absolute Gasteiger partial charge is 0.481 e. The first-order valence-electron chi connectivity index (χ1n) is 21.8. The van der Waals surface area contributed by atoms with Crippen LogP contribution in [0.4, 0.5) is 0 Å². The highest BCUT2D eigenvalue weighted by atomic mass is 16.7. The minimum Gasteiger partial charge on any atom is -0.481 e. The first-order valence-corrected chi connectivity index (χ1v) is 21.8. The van der Waals surface area contributed by atoms with Crippen molar-refractivity contribution in [3.63, 3.8) is 0 Å². The number of fused-ring (bicyclic) bond motifs is 6. The van der Waals surface area contributed by atoms with Crippen LogP contribution in [0.2, 0.25) is 0 Å². The Morgan fingerprint density at radius 3 is 2.33 bits per heavy atom. The van der Waals surface area contributed by atoms with Gasteiger partial charge in [-0.05, 0) is 108 Å². The Labute approximate surface area is 337 Å². The molecule has 0 spiro atoms. The fourth-order valence-corrected chi connectivity index (χ4v) is 16.1. The van der Waals surface area contributed by atoms with Crippen LogP contribution in [0.25, 0.3) is 0 Å². The van der Waals surface area contributed by atoms with Gasteiger partial charge in [-0.25, -0.2) is 0 Å². The summed E-state index contributed by atoms with van der Waals surface area (Å²) in [5.74, 6) is -0.472. The lowest BCUT2D eigenvalue weighted by Gasteiger charge is -2.76. The molecule has 10 nitrogen and oxygen atoms in total. The summed E-state index contributed by atoms with van der Waals surface area (Å²) < 4.78 is 19.7. The second-order valence-corrected chi connectivity index (χ2v) is 21.2. The number of hydrogen-bond donors (Lipinski definition) is 6. The Balaban J connectivity index is 1.17. The number of aliphatic carboxylic acids is 1. The van der Waals surface area contributed by atoms with Crippen molar-refractivity contribution in [2.45, 2.75) is 129 Å². The number of allylic oxidation sites excluding steroid dienone is 3. The molecule has 0 unspecified atom stereocenters. The number of ether oxygens (including phenoxy) is 3. The van der Waals surface area contributed by atoms with Gasteiger partial charge in [0.25, 0.3) is 0 Å². The van der Waals surface area contributed by atoms with Gasteiger partial charge in [0, 0.05) is 17.9 Å². The molecular formula is C47H66O10. The smallest absolute Gasteiger partial charge is 0.310 e. The molecule has 19 atom stereocenters. The van der Waals surface area contributed by atoms with Crippen LogP contribution in [0.15, 0.2) is 54.1 Å². The van der Waals surface area contributed by atoms with Crippen LogP contribution in [-0.2, 0) is 25.6 Å². The number of carboxylic acids is 1. The molecule has 1 aliphatic heterocycles. The van der Waals surface area contributed by atoms with Crippen LogP contribution >= 0.6 is 0 Å². The molecule has 1 saturated heterocycles. The zero-order valence-corrected chi connectivity index (χ0v) is 34.4. The number of benzene rings is 1. The molecule has 7 aliphatic carbocycles. The lowest BCUT2D eigenvalue weighted by Crippen LogP contribution is -2.75. The van der Waals surface area contributed by atoms with E-state index in [-0.39, 0.29) is 82.9 Å². The van der Waals surface area contributed by atoms with Gasteiger partial charge in [-0.15, -0.1) is 0 Å². The molecule has 1 aromatic carbocycles. The molecule has 1 aromatic rings. The van der Waals surface area contributed by atoms with Crippen LogP contribution < -0.4 is 0 Å². The molecule has 0 amide bonds. The van der Waals surface area contributed by atoms with Gasteiger partial charge in [-0.3, -0.25) is 4.79 Å². The Morgan fingerprint density at radius 2 is 1.63 bits per heavy atom. The third kappa shape index (κ3) is 5.33. The maximum atomic E-state index is 13.8. The van der Waals surface area contributed by atoms with Crippen molar-refractivity contribution in [2.75, 3.05) is 19.8 Å². The summed E-state index contributed by atoms with van der Waals surface area (Å²) in [5, 5.41) is 66.0. The number of hydrogen-bond acceptors (Lipinski definition) is 9. The summed E-state index contributed by atoms with van der Waals surface area (Å²) in [6, 6.07) is 10.0. The summed E-state index contributed by atoms with van der Waals surface area (Å²) >= 11 is 0. The molecule has 314 valence electrons. The van der Waals surface area contributed by atoms with Crippen molar-refractivity contribution < 1.29 is 49.6 Å². The fraction of sp³-hybridized carbons (Fsp3) is 0.766. The van der Waals surface area contributed by atoms with Gasteiger partial charge >= 0.3 is 5.97 Å². The third-order valence-electron chi connectivity index (χ3n) is 18.7. The SMILES string of the molecule is C[C@]1(CO)C[C@H]2CCC[C@H]3C[C@]2(C(=O)O)[C@@H](C1)C1=CC[C@@H]2[C@]4(C)[C@@H]5[C@@H](C=C[C@H]4[C@@H](OCc4ccccc4)[C@@H](O[C@@H]4OC[C@@H](O)[C@H](O)[C@H]4O)[C@@]5(C)CO)C[C@@]2(C)[C@@]13C. The van der Waals surface area contributed by atoms with Crippen molar-refractivity contribution in [3.8, 4) is 0 Å².